The summed E-state index contributed by atoms with van der Waals surface area (Å²) < 4.78 is 0. The summed E-state index contributed by atoms with van der Waals surface area (Å²) >= 11 is 0. The maximum absolute atomic E-state index is 12.8. The van der Waals surface area contributed by atoms with Gasteiger partial charge in [0.25, 0.3) is 0 Å². The molecule has 4 unspecified atom stereocenters. The lowest BCUT2D eigenvalue weighted by molar-refractivity contribution is -0.212. The number of oxime groups is 1. The van der Waals surface area contributed by atoms with Crippen LogP contribution in [-0.2, 0) is 4.79 Å². The number of nitrogens with zero attached hydrogens (tertiary/aromatic N) is 1. The third kappa shape index (κ3) is 3.03. The van der Waals surface area contributed by atoms with Crippen molar-refractivity contribution < 1.29 is 25.3 Å². The Balaban J connectivity index is 1.63. The van der Waals surface area contributed by atoms with Gasteiger partial charge in [0.15, 0.2) is 0 Å². The van der Waals surface area contributed by atoms with Gasteiger partial charge in [-0.15, -0.1) is 5.16 Å². The van der Waals surface area contributed by atoms with Crippen molar-refractivity contribution in [2.45, 2.75) is 112 Å². The summed E-state index contributed by atoms with van der Waals surface area (Å²) in [5.41, 5.74) is -0.741. The lowest BCUT2D eigenvalue weighted by atomic mass is 9.33. The van der Waals surface area contributed by atoms with E-state index in [-0.39, 0.29) is 33.5 Å². The number of allylic oxidation sites excluding steroid dienone is 2. The fourth-order valence-corrected chi connectivity index (χ4v) is 10.8. The first kappa shape index (κ1) is 26.2. The van der Waals surface area contributed by atoms with Crippen LogP contribution >= 0.6 is 0 Å². The van der Waals surface area contributed by atoms with Crippen molar-refractivity contribution in [2.75, 3.05) is 0 Å². The van der Waals surface area contributed by atoms with Crippen molar-refractivity contribution in [1.29, 1.82) is 0 Å². The van der Waals surface area contributed by atoms with E-state index >= 15 is 0 Å². The molecule has 0 saturated heterocycles. The van der Waals surface area contributed by atoms with Gasteiger partial charge in [-0.3, -0.25) is 4.79 Å². The number of aliphatic carboxylic acids is 1. The van der Waals surface area contributed by atoms with E-state index in [9.17, 15) is 25.3 Å². The van der Waals surface area contributed by atoms with Gasteiger partial charge < -0.3 is 20.5 Å². The fraction of sp³-hybridized carbons (Fsp3) is 0.867. The first-order valence-corrected chi connectivity index (χ1v) is 14.1. The lowest BCUT2D eigenvalue weighted by Crippen LogP contribution is -2.67. The van der Waals surface area contributed by atoms with Gasteiger partial charge in [-0.05, 0) is 97.2 Å². The predicted octanol–water partition coefficient (Wildman–Crippen LogP) is 5.64. The highest BCUT2D eigenvalue weighted by atomic mass is 16.4. The highest BCUT2D eigenvalue weighted by Gasteiger charge is 2.71. The Morgan fingerprint density at radius 1 is 0.944 bits per heavy atom. The van der Waals surface area contributed by atoms with Crippen molar-refractivity contribution in [3.8, 4) is 0 Å². The van der Waals surface area contributed by atoms with Crippen molar-refractivity contribution in [3.63, 3.8) is 0 Å². The Morgan fingerprint density at radius 2 is 1.64 bits per heavy atom. The number of carboxylic acid groups (broad SMARTS) is 1. The number of aliphatic hydroxyl groups is 2. The molecular weight excluding hydrogens is 454 g/mol. The quantitative estimate of drug-likeness (QED) is 0.169. The SMILES string of the molecule is CC1(C)CC[C@@]2(C(=O)O)C(C1)C1=CCC3C4(C)CC[C@H](O)C(C)(/C=N/O)[C@@H]4CC[C@@]3(C)[C@]1(C)C[C@@H]2O. The summed E-state index contributed by atoms with van der Waals surface area (Å²) in [5.74, 6) is -0.434. The number of fused-ring (bicyclic) bond motifs is 7. The van der Waals surface area contributed by atoms with E-state index in [0.29, 0.717) is 25.2 Å². The molecule has 4 fully saturated rings. The maximum Gasteiger partial charge on any atom is 0.312 e. The normalized spacial score (nSPS) is 54.0. The second-order valence-corrected chi connectivity index (χ2v) is 14.9. The molecule has 0 aromatic rings. The number of aliphatic hydroxyl groups excluding tert-OH is 2. The molecule has 5 rings (SSSR count). The first-order valence-electron chi connectivity index (χ1n) is 14.1. The monoisotopic (exact) mass is 501 g/mol. The minimum Gasteiger partial charge on any atom is -0.481 e. The van der Waals surface area contributed by atoms with Crippen LogP contribution in [0.25, 0.3) is 0 Å². The van der Waals surface area contributed by atoms with Gasteiger partial charge in [-0.1, -0.05) is 53.2 Å². The van der Waals surface area contributed by atoms with E-state index in [1.807, 2.05) is 6.92 Å². The van der Waals surface area contributed by atoms with Gasteiger partial charge in [0.2, 0.25) is 0 Å². The third-order valence-electron chi connectivity index (χ3n) is 13.1. The van der Waals surface area contributed by atoms with E-state index in [0.717, 1.165) is 38.5 Å². The van der Waals surface area contributed by atoms with Gasteiger partial charge in [0.1, 0.15) is 5.41 Å². The molecule has 0 aromatic carbocycles. The molecule has 6 nitrogen and oxygen atoms in total. The number of carbonyl (C=O) groups is 1. The minimum atomic E-state index is -1.09. The van der Waals surface area contributed by atoms with E-state index in [1.165, 1.54) is 5.57 Å². The molecular formula is C30H47NO5. The molecule has 0 heterocycles. The van der Waals surface area contributed by atoms with Gasteiger partial charge >= 0.3 is 5.97 Å². The minimum absolute atomic E-state index is 0.0503. The predicted molar refractivity (Wildman–Crippen MR) is 139 cm³/mol. The molecule has 4 saturated carbocycles. The van der Waals surface area contributed by atoms with Gasteiger partial charge in [-0.25, -0.2) is 0 Å². The fourth-order valence-electron chi connectivity index (χ4n) is 10.8. The van der Waals surface area contributed by atoms with Crippen molar-refractivity contribution in [3.05, 3.63) is 11.6 Å². The van der Waals surface area contributed by atoms with Crippen molar-refractivity contribution in [1.82, 2.24) is 0 Å². The number of hydrogen-bond acceptors (Lipinski definition) is 5. The topological polar surface area (TPSA) is 110 Å². The molecule has 0 amide bonds. The largest absolute Gasteiger partial charge is 0.481 e. The van der Waals surface area contributed by atoms with Crippen molar-refractivity contribution >= 4 is 12.2 Å². The molecule has 5 aliphatic carbocycles. The molecule has 0 spiro atoms. The average molecular weight is 502 g/mol. The Morgan fingerprint density at radius 3 is 2.28 bits per heavy atom. The number of hydrogen-bond donors (Lipinski definition) is 4. The summed E-state index contributed by atoms with van der Waals surface area (Å²) in [7, 11) is 0. The average Bonchev–Trinajstić information content (AvgIpc) is 2.77. The zero-order chi connectivity index (χ0) is 26.5. The second kappa shape index (κ2) is 7.81. The van der Waals surface area contributed by atoms with Crippen LogP contribution < -0.4 is 0 Å². The highest BCUT2D eigenvalue weighted by Crippen LogP contribution is 2.75. The van der Waals surface area contributed by atoms with E-state index in [2.05, 4.69) is 45.9 Å². The zero-order valence-electron chi connectivity index (χ0n) is 23.0. The van der Waals surface area contributed by atoms with E-state index < -0.39 is 29.0 Å². The van der Waals surface area contributed by atoms with Crippen LogP contribution in [0.3, 0.4) is 0 Å². The molecule has 5 aliphatic rings. The number of carboxylic acids is 1. The summed E-state index contributed by atoms with van der Waals surface area (Å²) in [6, 6.07) is 0. The molecule has 10 atom stereocenters. The third-order valence-corrected chi connectivity index (χ3v) is 13.1. The smallest absolute Gasteiger partial charge is 0.312 e. The van der Waals surface area contributed by atoms with E-state index in [1.54, 1.807) is 6.21 Å². The first-order chi connectivity index (χ1) is 16.6. The molecule has 0 aromatic heterocycles. The second-order valence-electron chi connectivity index (χ2n) is 14.9. The number of rotatable bonds is 2. The Bertz CT molecular complexity index is 1010. The zero-order valence-corrected chi connectivity index (χ0v) is 23.0. The maximum atomic E-state index is 12.8. The van der Waals surface area contributed by atoms with Crippen molar-refractivity contribution in [2.24, 2.45) is 55.4 Å². The van der Waals surface area contributed by atoms with Crippen LogP contribution in [0.5, 0.6) is 0 Å². The molecule has 4 N–H and O–H groups in total. The molecule has 202 valence electrons. The van der Waals surface area contributed by atoms with Crippen LogP contribution in [0.1, 0.15) is 99.3 Å². The van der Waals surface area contributed by atoms with Crippen LogP contribution in [0.4, 0.5) is 0 Å². The van der Waals surface area contributed by atoms with Gasteiger partial charge in [-0.2, -0.15) is 0 Å². The Labute approximate surface area is 216 Å². The molecule has 0 bridgehead atoms. The van der Waals surface area contributed by atoms with Crippen LogP contribution in [0, 0.1) is 50.2 Å². The lowest BCUT2D eigenvalue weighted by Gasteiger charge is -2.71. The van der Waals surface area contributed by atoms with E-state index in [4.69, 9.17) is 0 Å². The molecule has 6 heteroatoms. The molecule has 0 radical (unpaired) electrons. The molecule has 0 aliphatic heterocycles. The Hall–Kier alpha value is -1.40. The highest BCUT2D eigenvalue weighted by molar-refractivity contribution is 5.77. The van der Waals surface area contributed by atoms with Crippen LogP contribution in [0.2, 0.25) is 0 Å². The summed E-state index contributed by atoms with van der Waals surface area (Å²) in [4.78, 5) is 12.8. The van der Waals surface area contributed by atoms with Crippen LogP contribution in [-0.4, -0.2) is 44.9 Å². The summed E-state index contributed by atoms with van der Waals surface area (Å²) in [6.45, 7) is 13.6. The summed E-state index contributed by atoms with van der Waals surface area (Å²) in [5, 5.41) is 46.1. The van der Waals surface area contributed by atoms with Crippen LogP contribution in [0.15, 0.2) is 16.8 Å². The standard InChI is InChI=1S/C30H47NO5/c1-25(2)13-14-30(24(34)35)19(15-25)18-7-8-21-26(3)11-10-22(32)27(4,17-31-36)20(26)9-12-28(21,5)29(18,6)16-23(30)33/h7,17,19-23,32-33,36H,8-16H2,1-6H3,(H,34,35)/b31-17+/t19?,20-,21?,22+,23+,26?,27?,28-,29-,30-/m1/s1. The Kier molecular flexibility index (Phi) is 5.69. The summed E-state index contributed by atoms with van der Waals surface area (Å²) in [6.07, 6.45) is 9.60. The van der Waals surface area contributed by atoms with Gasteiger partial charge in [0, 0.05) is 5.41 Å². The molecule has 36 heavy (non-hydrogen) atoms. The van der Waals surface area contributed by atoms with Gasteiger partial charge in [0.05, 0.1) is 18.4 Å².